The predicted molar refractivity (Wildman–Crippen MR) is 97.5 cm³/mol. The van der Waals surface area contributed by atoms with Crippen molar-refractivity contribution in [3.8, 4) is 5.75 Å². The number of nitrogens with one attached hydrogen (secondary N) is 2. The Morgan fingerprint density at radius 3 is 2.73 bits per heavy atom. The number of hydrogen-bond donors (Lipinski definition) is 2. The molecule has 3 rings (SSSR count). The van der Waals surface area contributed by atoms with Gasteiger partial charge in [-0.05, 0) is 12.1 Å². The Balaban J connectivity index is 1.78. The summed E-state index contributed by atoms with van der Waals surface area (Å²) in [5, 5.41) is 2.97. The Morgan fingerprint density at radius 2 is 2.04 bits per heavy atom. The SMILES string of the molecule is COc1ccccc1C(CNC(=O)c1ccc(=O)[nH]c1)N1CCOCC1. The Morgan fingerprint density at radius 1 is 1.27 bits per heavy atom. The summed E-state index contributed by atoms with van der Waals surface area (Å²) in [7, 11) is 1.65. The van der Waals surface area contributed by atoms with E-state index in [4.69, 9.17) is 9.47 Å². The zero-order chi connectivity index (χ0) is 18.4. The number of benzene rings is 1. The van der Waals surface area contributed by atoms with E-state index in [1.165, 1.54) is 18.3 Å². The number of methoxy groups -OCH3 is 1. The molecule has 1 aliphatic heterocycles. The molecule has 26 heavy (non-hydrogen) atoms. The van der Waals surface area contributed by atoms with E-state index in [1.54, 1.807) is 7.11 Å². The molecule has 1 aliphatic rings. The summed E-state index contributed by atoms with van der Waals surface area (Å²) in [6, 6.07) is 10.7. The molecule has 7 heteroatoms. The first-order valence-electron chi connectivity index (χ1n) is 8.60. The Kier molecular flexibility index (Phi) is 6.04. The number of carbonyl (C=O) groups is 1. The fourth-order valence-electron chi connectivity index (χ4n) is 3.11. The van der Waals surface area contributed by atoms with Crippen LogP contribution in [0.1, 0.15) is 22.0 Å². The van der Waals surface area contributed by atoms with Crippen LogP contribution in [-0.2, 0) is 4.74 Å². The van der Waals surface area contributed by atoms with Crippen LogP contribution in [0, 0.1) is 0 Å². The van der Waals surface area contributed by atoms with Gasteiger partial charge in [0.2, 0.25) is 5.56 Å². The predicted octanol–water partition coefficient (Wildman–Crippen LogP) is 1.19. The molecular formula is C19H23N3O4. The quantitative estimate of drug-likeness (QED) is 0.811. The molecule has 0 radical (unpaired) electrons. The van der Waals surface area contributed by atoms with Gasteiger partial charge in [-0.1, -0.05) is 18.2 Å². The van der Waals surface area contributed by atoms with Crippen molar-refractivity contribution in [2.24, 2.45) is 0 Å². The van der Waals surface area contributed by atoms with E-state index < -0.39 is 0 Å². The van der Waals surface area contributed by atoms with Crippen LogP contribution in [0.5, 0.6) is 5.75 Å². The molecule has 0 aliphatic carbocycles. The molecule has 1 atom stereocenters. The molecule has 138 valence electrons. The van der Waals surface area contributed by atoms with Gasteiger partial charge >= 0.3 is 0 Å². The van der Waals surface area contributed by atoms with Crippen LogP contribution in [0.4, 0.5) is 0 Å². The molecule has 0 bridgehead atoms. The lowest BCUT2D eigenvalue weighted by atomic mass is 10.0. The van der Waals surface area contributed by atoms with E-state index in [9.17, 15) is 9.59 Å². The first kappa shape index (κ1) is 18.2. The van der Waals surface area contributed by atoms with Gasteiger partial charge in [-0.3, -0.25) is 14.5 Å². The summed E-state index contributed by atoms with van der Waals surface area (Å²) in [5.74, 6) is 0.566. The molecule has 0 saturated carbocycles. The summed E-state index contributed by atoms with van der Waals surface area (Å²) in [4.78, 5) is 28.4. The van der Waals surface area contributed by atoms with Gasteiger partial charge in [0.15, 0.2) is 0 Å². The van der Waals surface area contributed by atoms with Crippen molar-refractivity contribution in [2.75, 3.05) is 40.0 Å². The van der Waals surface area contributed by atoms with Crippen molar-refractivity contribution in [3.63, 3.8) is 0 Å². The van der Waals surface area contributed by atoms with Crippen LogP contribution in [0.2, 0.25) is 0 Å². The van der Waals surface area contributed by atoms with Crippen molar-refractivity contribution in [1.82, 2.24) is 15.2 Å². The van der Waals surface area contributed by atoms with Gasteiger partial charge < -0.3 is 19.8 Å². The number of rotatable bonds is 6. The molecule has 1 saturated heterocycles. The number of H-pyrrole nitrogens is 1. The lowest BCUT2D eigenvalue weighted by molar-refractivity contribution is 0.0157. The third-order valence-corrected chi connectivity index (χ3v) is 4.49. The second-order valence-corrected chi connectivity index (χ2v) is 6.06. The van der Waals surface area contributed by atoms with Crippen molar-refractivity contribution in [1.29, 1.82) is 0 Å². The molecule has 1 aromatic carbocycles. The summed E-state index contributed by atoms with van der Waals surface area (Å²) in [5.41, 5.74) is 1.21. The number of aromatic nitrogens is 1. The van der Waals surface area contributed by atoms with Crippen LogP contribution in [0.25, 0.3) is 0 Å². The minimum Gasteiger partial charge on any atom is -0.496 e. The Hall–Kier alpha value is -2.64. The van der Waals surface area contributed by atoms with Crippen LogP contribution < -0.4 is 15.6 Å². The van der Waals surface area contributed by atoms with Gasteiger partial charge in [0.05, 0.1) is 31.9 Å². The number of pyridine rings is 1. The fraction of sp³-hybridized carbons (Fsp3) is 0.368. The van der Waals surface area contributed by atoms with Gasteiger partial charge in [-0.2, -0.15) is 0 Å². The highest BCUT2D eigenvalue weighted by Gasteiger charge is 2.25. The van der Waals surface area contributed by atoms with E-state index in [1.807, 2.05) is 24.3 Å². The monoisotopic (exact) mass is 357 g/mol. The maximum atomic E-state index is 12.4. The topological polar surface area (TPSA) is 83.7 Å². The highest BCUT2D eigenvalue weighted by molar-refractivity contribution is 5.93. The maximum Gasteiger partial charge on any atom is 0.252 e. The molecule has 1 amide bonds. The summed E-state index contributed by atoms with van der Waals surface area (Å²) in [6.45, 7) is 3.34. The second-order valence-electron chi connectivity index (χ2n) is 6.06. The van der Waals surface area contributed by atoms with E-state index in [2.05, 4.69) is 15.2 Å². The standard InChI is InChI=1S/C19H23N3O4/c1-25-17-5-3-2-4-15(17)16(22-8-10-26-11-9-22)13-21-19(24)14-6-7-18(23)20-12-14/h2-7,12,16H,8-11,13H2,1H3,(H,20,23)(H,21,24). The highest BCUT2D eigenvalue weighted by Crippen LogP contribution is 2.29. The van der Waals surface area contributed by atoms with Gasteiger partial charge in [-0.25, -0.2) is 0 Å². The number of aromatic amines is 1. The third kappa shape index (κ3) is 4.30. The molecular weight excluding hydrogens is 334 g/mol. The average molecular weight is 357 g/mol. The fourth-order valence-corrected chi connectivity index (χ4v) is 3.11. The van der Waals surface area contributed by atoms with E-state index in [-0.39, 0.29) is 17.5 Å². The Labute approximate surface area is 151 Å². The van der Waals surface area contributed by atoms with Crippen LogP contribution >= 0.6 is 0 Å². The molecule has 2 aromatic rings. The largest absolute Gasteiger partial charge is 0.496 e. The van der Waals surface area contributed by atoms with Gasteiger partial charge in [0.25, 0.3) is 5.91 Å². The number of carbonyl (C=O) groups excluding carboxylic acids is 1. The molecule has 1 aromatic heterocycles. The van der Waals surface area contributed by atoms with Crippen molar-refractivity contribution in [3.05, 3.63) is 64.1 Å². The maximum absolute atomic E-state index is 12.4. The van der Waals surface area contributed by atoms with E-state index >= 15 is 0 Å². The third-order valence-electron chi connectivity index (χ3n) is 4.49. The number of amides is 1. The lowest BCUT2D eigenvalue weighted by Gasteiger charge is -2.35. The molecule has 2 heterocycles. The molecule has 1 unspecified atom stereocenters. The number of ether oxygens (including phenoxy) is 2. The first-order valence-corrected chi connectivity index (χ1v) is 8.60. The summed E-state index contributed by atoms with van der Waals surface area (Å²) >= 11 is 0. The van der Waals surface area contributed by atoms with Crippen LogP contribution in [0.3, 0.4) is 0 Å². The minimum absolute atomic E-state index is 0.0261. The van der Waals surface area contributed by atoms with Gasteiger partial charge in [-0.15, -0.1) is 0 Å². The number of para-hydroxylation sites is 1. The molecule has 2 N–H and O–H groups in total. The minimum atomic E-state index is -0.234. The van der Waals surface area contributed by atoms with Crippen molar-refractivity contribution in [2.45, 2.75) is 6.04 Å². The van der Waals surface area contributed by atoms with Gasteiger partial charge in [0.1, 0.15) is 5.75 Å². The lowest BCUT2D eigenvalue weighted by Crippen LogP contribution is -2.44. The molecule has 0 spiro atoms. The summed E-state index contributed by atoms with van der Waals surface area (Å²) < 4.78 is 11.0. The number of hydrogen-bond acceptors (Lipinski definition) is 5. The molecule has 1 fully saturated rings. The number of morpholine rings is 1. The van der Waals surface area contributed by atoms with E-state index in [0.717, 1.165) is 24.4 Å². The average Bonchev–Trinajstić information content (AvgIpc) is 2.69. The molecule has 7 nitrogen and oxygen atoms in total. The van der Waals surface area contributed by atoms with Crippen LogP contribution in [-0.4, -0.2) is 55.7 Å². The zero-order valence-electron chi connectivity index (χ0n) is 14.7. The second kappa shape index (κ2) is 8.64. The number of nitrogens with zero attached hydrogens (tertiary/aromatic N) is 1. The van der Waals surface area contributed by atoms with Crippen molar-refractivity contribution < 1.29 is 14.3 Å². The highest BCUT2D eigenvalue weighted by atomic mass is 16.5. The smallest absolute Gasteiger partial charge is 0.252 e. The van der Waals surface area contributed by atoms with E-state index in [0.29, 0.717) is 25.3 Å². The zero-order valence-corrected chi connectivity index (χ0v) is 14.7. The summed E-state index contributed by atoms with van der Waals surface area (Å²) in [6.07, 6.45) is 1.42. The van der Waals surface area contributed by atoms with Crippen molar-refractivity contribution >= 4 is 5.91 Å². The Bertz CT molecular complexity index is 779. The normalized spacial score (nSPS) is 16.0. The first-order chi connectivity index (χ1) is 12.7. The van der Waals surface area contributed by atoms with Gasteiger partial charge in [0, 0.05) is 37.5 Å². The van der Waals surface area contributed by atoms with Crippen LogP contribution in [0.15, 0.2) is 47.4 Å².